The molecule has 8 nitrogen and oxygen atoms in total. The fraction of sp³-hybridized carbons (Fsp3) is 0.650. The molecule has 0 aliphatic heterocycles. The fourth-order valence-electron chi connectivity index (χ4n) is 7.34. The van der Waals surface area contributed by atoms with Gasteiger partial charge >= 0.3 is 17.9 Å². The van der Waals surface area contributed by atoms with Gasteiger partial charge in [0, 0.05) is 19.3 Å². The quantitative estimate of drug-likeness (QED) is 0.0281. The third-order valence-corrected chi connectivity index (χ3v) is 11.4. The van der Waals surface area contributed by atoms with E-state index in [4.69, 9.17) is 14.2 Å². The second-order valence-corrected chi connectivity index (χ2v) is 18.7. The molecule has 0 spiro atoms. The molecule has 0 bridgehead atoms. The van der Waals surface area contributed by atoms with Gasteiger partial charge in [0.1, 0.15) is 6.61 Å². The number of carbonyl (C=O) groups excluding carboxylic acids is 2. The summed E-state index contributed by atoms with van der Waals surface area (Å²) >= 11 is 0. The molecule has 0 saturated carbocycles. The monoisotopic (exact) mass is 947 g/mol. The van der Waals surface area contributed by atoms with Gasteiger partial charge in [-0.15, -0.1) is 0 Å². The van der Waals surface area contributed by atoms with Crippen molar-refractivity contribution in [3.05, 3.63) is 109 Å². The Bertz CT molecular complexity index is 1470. The van der Waals surface area contributed by atoms with E-state index >= 15 is 0 Å². The molecule has 0 amide bonds. The number of unbranched alkanes of at least 4 members (excludes halogenated alkanes) is 15. The molecule has 0 aromatic heterocycles. The maximum atomic E-state index is 12.8. The van der Waals surface area contributed by atoms with Crippen molar-refractivity contribution in [2.45, 2.75) is 212 Å². The van der Waals surface area contributed by atoms with E-state index in [2.05, 4.69) is 123 Å². The minimum Gasteiger partial charge on any atom is -0.477 e. The number of rotatable bonds is 47. The Hall–Kier alpha value is -4.01. The molecule has 0 fully saturated rings. The van der Waals surface area contributed by atoms with E-state index in [0.717, 1.165) is 109 Å². The maximum Gasteiger partial charge on any atom is 0.362 e. The zero-order chi connectivity index (χ0) is 49.9. The Morgan fingerprint density at radius 3 is 1.15 bits per heavy atom. The van der Waals surface area contributed by atoms with Crippen LogP contribution in [0.15, 0.2) is 109 Å². The molecule has 0 heterocycles. The van der Waals surface area contributed by atoms with Crippen LogP contribution in [0.3, 0.4) is 0 Å². The van der Waals surface area contributed by atoms with Crippen molar-refractivity contribution in [3.8, 4) is 0 Å². The summed E-state index contributed by atoms with van der Waals surface area (Å²) in [6, 6.07) is -0.626. The van der Waals surface area contributed by atoms with Crippen molar-refractivity contribution in [1.29, 1.82) is 0 Å². The molecule has 0 aliphatic carbocycles. The van der Waals surface area contributed by atoms with E-state index in [0.29, 0.717) is 19.3 Å². The average molecular weight is 947 g/mol. The molecule has 0 aliphatic rings. The summed E-state index contributed by atoms with van der Waals surface area (Å²) < 4.78 is 17.4. The highest BCUT2D eigenvalue weighted by Crippen LogP contribution is 2.15. The lowest BCUT2D eigenvalue weighted by atomic mass is 10.0. The molecule has 2 atom stereocenters. The maximum absolute atomic E-state index is 12.8. The number of allylic oxidation sites excluding steroid dienone is 18. The predicted octanol–water partition coefficient (Wildman–Crippen LogP) is 16.0. The van der Waals surface area contributed by atoms with Crippen LogP contribution in [-0.2, 0) is 28.6 Å². The second-order valence-electron chi connectivity index (χ2n) is 18.7. The smallest absolute Gasteiger partial charge is 0.362 e. The predicted molar refractivity (Wildman–Crippen MR) is 289 cm³/mol. The first-order valence-corrected chi connectivity index (χ1v) is 26.9. The van der Waals surface area contributed by atoms with Crippen molar-refractivity contribution in [2.75, 3.05) is 41.0 Å². The van der Waals surface area contributed by atoms with Gasteiger partial charge in [-0.2, -0.15) is 0 Å². The Morgan fingerprint density at radius 1 is 0.441 bits per heavy atom. The molecule has 8 heteroatoms. The van der Waals surface area contributed by atoms with Gasteiger partial charge in [0.2, 0.25) is 0 Å². The molecule has 1 N–H and O–H groups in total. The molecule has 0 rings (SSSR count). The summed E-state index contributed by atoms with van der Waals surface area (Å²) in [5.74, 6) is -1.51. The first kappa shape index (κ1) is 64.0. The van der Waals surface area contributed by atoms with Crippen LogP contribution in [0, 0.1) is 0 Å². The minimum absolute atomic E-state index is 0.0452. The molecular weight excluding hydrogens is 847 g/mol. The molecule has 0 aromatic carbocycles. The van der Waals surface area contributed by atoms with Crippen molar-refractivity contribution < 1.29 is 38.2 Å². The lowest BCUT2D eigenvalue weighted by molar-refractivity contribution is -0.887. The van der Waals surface area contributed by atoms with Gasteiger partial charge < -0.3 is 23.8 Å². The van der Waals surface area contributed by atoms with Crippen LogP contribution in [-0.4, -0.2) is 80.6 Å². The lowest BCUT2D eigenvalue weighted by Gasteiger charge is -2.31. The molecule has 0 aromatic rings. The van der Waals surface area contributed by atoms with Gasteiger partial charge in [-0.3, -0.25) is 9.59 Å². The van der Waals surface area contributed by atoms with E-state index in [1.807, 2.05) is 21.1 Å². The van der Waals surface area contributed by atoms with Crippen LogP contribution < -0.4 is 0 Å². The largest absolute Gasteiger partial charge is 0.477 e. The van der Waals surface area contributed by atoms with E-state index in [1.54, 1.807) is 0 Å². The van der Waals surface area contributed by atoms with Gasteiger partial charge in [0.15, 0.2) is 12.1 Å². The Balaban J connectivity index is 4.29. The molecule has 386 valence electrons. The number of esters is 2. The van der Waals surface area contributed by atoms with E-state index in [9.17, 15) is 19.5 Å². The zero-order valence-corrected chi connectivity index (χ0v) is 44.0. The number of carbonyl (C=O) groups is 3. The van der Waals surface area contributed by atoms with Gasteiger partial charge in [0.05, 0.1) is 34.4 Å². The van der Waals surface area contributed by atoms with Gasteiger partial charge in [-0.05, 0) is 96.3 Å². The number of carboxylic acids is 1. The normalized spacial score (nSPS) is 13.7. The number of likely N-dealkylation sites (N-methyl/N-ethyl adjacent to an activating group) is 1. The standard InChI is InChI=1S/C60H99NO7/c1-6-8-10-12-14-16-18-20-22-24-26-28-29-31-32-34-36-38-40-42-44-46-48-50-58(62)67-55-56(54-66-53-52-57(60(64)65)61(3,4)5)68-59(63)51-49-47-45-43-41-39-37-35-33-30-27-25-23-21-19-17-15-13-11-9-7-2/h8-11,14-17,20-23,26,28,31-32,36,38,56-57H,6-7,12-13,18-19,24-25,27,29-30,33-35,37,39-55H2,1-5H3/p+1/b10-8+,11-9+,16-14+,17-15+,22-20+,23-21+,28-26+,32-31+,38-36+. The molecule has 0 radical (unpaired) electrons. The van der Waals surface area contributed by atoms with Crippen LogP contribution in [0.4, 0.5) is 0 Å². The SMILES string of the molecule is CC/C=C/C/C=C/C/C=C/C/C=C/C/C=C/C/C=C/CCCCCCC(=O)OCC(COCCC(C(=O)O)[N+](C)(C)C)OC(=O)CCCCCCCCCCCCC/C=C/C/C=C/C/C=C/CC. The van der Waals surface area contributed by atoms with Crippen LogP contribution in [0.1, 0.15) is 200 Å². The van der Waals surface area contributed by atoms with Crippen molar-refractivity contribution in [3.63, 3.8) is 0 Å². The third kappa shape index (κ3) is 47.1. The first-order valence-electron chi connectivity index (χ1n) is 26.9. The molecule has 68 heavy (non-hydrogen) atoms. The van der Waals surface area contributed by atoms with Crippen molar-refractivity contribution >= 4 is 17.9 Å². The summed E-state index contributed by atoms with van der Waals surface area (Å²) in [6.07, 6.45) is 68.5. The van der Waals surface area contributed by atoms with Crippen molar-refractivity contribution in [1.82, 2.24) is 0 Å². The summed E-state index contributed by atoms with van der Waals surface area (Å²) in [5.41, 5.74) is 0. The number of aliphatic carboxylic acids is 1. The van der Waals surface area contributed by atoms with E-state index < -0.39 is 18.1 Å². The topological polar surface area (TPSA) is 99.1 Å². The first-order chi connectivity index (χ1) is 33.1. The minimum atomic E-state index is -0.882. The van der Waals surface area contributed by atoms with Gasteiger partial charge in [-0.25, -0.2) is 4.79 Å². The number of hydrogen-bond acceptors (Lipinski definition) is 6. The average Bonchev–Trinajstić information content (AvgIpc) is 3.30. The Labute approximate surface area is 417 Å². The summed E-state index contributed by atoms with van der Waals surface area (Å²) in [7, 11) is 5.52. The number of nitrogens with zero attached hydrogens (tertiary/aromatic N) is 1. The Morgan fingerprint density at radius 2 is 0.779 bits per heavy atom. The van der Waals surface area contributed by atoms with Crippen LogP contribution in [0.2, 0.25) is 0 Å². The highest BCUT2D eigenvalue weighted by atomic mass is 16.6. The van der Waals surface area contributed by atoms with Gasteiger partial charge in [-0.1, -0.05) is 194 Å². The highest BCUT2D eigenvalue weighted by Gasteiger charge is 2.31. The second kappa shape index (κ2) is 49.4. The lowest BCUT2D eigenvalue weighted by Crippen LogP contribution is -2.50. The molecule has 0 saturated heterocycles. The fourth-order valence-corrected chi connectivity index (χ4v) is 7.34. The van der Waals surface area contributed by atoms with Gasteiger partial charge in [0.25, 0.3) is 0 Å². The number of ether oxygens (including phenoxy) is 3. The highest BCUT2D eigenvalue weighted by molar-refractivity contribution is 5.72. The van der Waals surface area contributed by atoms with E-state index in [1.165, 1.54) is 57.8 Å². The number of quaternary nitrogens is 1. The van der Waals surface area contributed by atoms with E-state index in [-0.39, 0.29) is 36.2 Å². The molecule has 2 unspecified atom stereocenters. The zero-order valence-electron chi connectivity index (χ0n) is 44.0. The third-order valence-electron chi connectivity index (χ3n) is 11.4. The van der Waals surface area contributed by atoms with Crippen LogP contribution in [0.5, 0.6) is 0 Å². The van der Waals surface area contributed by atoms with Crippen LogP contribution >= 0.6 is 0 Å². The molecular formula is C60H100NO7+. The number of hydrogen-bond donors (Lipinski definition) is 1. The Kier molecular flexibility index (Phi) is 46.5. The summed E-state index contributed by atoms with van der Waals surface area (Å²) in [6.45, 7) is 4.48. The van der Waals surface area contributed by atoms with Crippen molar-refractivity contribution in [2.24, 2.45) is 0 Å². The van der Waals surface area contributed by atoms with Crippen LogP contribution in [0.25, 0.3) is 0 Å². The summed E-state index contributed by atoms with van der Waals surface area (Å²) in [4.78, 5) is 37.2. The number of carboxylic acid groups (broad SMARTS) is 1. The summed E-state index contributed by atoms with van der Waals surface area (Å²) in [5, 5.41) is 9.67.